The predicted molar refractivity (Wildman–Crippen MR) is 64.5 cm³/mol. The number of hydrogen-bond donors (Lipinski definition) is 1. The monoisotopic (exact) mass is 236 g/mol. The highest BCUT2D eigenvalue weighted by Gasteiger charge is 2.04. The predicted octanol–water partition coefficient (Wildman–Crippen LogP) is 2.39. The Labute approximate surface area is 99.3 Å². The summed E-state index contributed by atoms with van der Waals surface area (Å²) in [6.07, 6.45) is 3.49. The fourth-order valence-electron chi connectivity index (χ4n) is 1.41. The summed E-state index contributed by atoms with van der Waals surface area (Å²) in [5.41, 5.74) is 3.09. The van der Waals surface area contributed by atoms with Crippen molar-refractivity contribution in [2.24, 2.45) is 7.05 Å². The highest BCUT2D eigenvalue weighted by atomic mass is 35.5. The first-order valence-corrected chi connectivity index (χ1v) is 5.38. The summed E-state index contributed by atoms with van der Waals surface area (Å²) in [4.78, 5) is 4.02. The Morgan fingerprint density at radius 1 is 1.50 bits per heavy atom. The van der Waals surface area contributed by atoms with E-state index in [0.717, 1.165) is 16.9 Å². The number of aromatic nitrogens is 3. The van der Waals surface area contributed by atoms with Crippen LogP contribution in [0.2, 0.25) is 5.15 Å². The van der Waals surface area contributed by atoms with E-state index >= 15 is 0 Å². The van der Waals surface area contributed by atoms with E-state index in [1.54, 1.807) is 12.4 Å². The molecular formula is C11H13ClN4. The van der Waals surface area contributed by atoms with Crippen molar-refractivity contribution in [1.29, 1.82) is 0 Å². The molecular weight excluding hydrogens is 224 g/mol. The van der Waals surface area contributed by atoms with Gasteiger partial charge in [-0.25, -0.2) is 4.98 Å². The van der Waals surface area contributed by atoms with Gasteiger partial charge >= 0.3 is 0 Å². The van der Waals surface area contributed by atoms with Crippen molar-refractivity contribution in [1.82, 2.24) is 14.8 Å². The van der Waals surface area contributed by atoms with Crippen LogP contribution in [0.15, 0.2) is 24.5 Å². The lowest BCUT2D eigenvalue weighted by Crippen LogP contribution is -2.02. The van der Waals surface area contributed by atoms with Crippen LogP contribution in [0.4, 0.5) is 5.69 Å². The molecule has 0 spiro atoms. The molecule has 0 atom stereocenters. The van der Waals surface area contributed by atoms with Gasteiger partial charge in [0, 0.05) is 25.4 Å². The van der Waals surface area contributed by atoms with E-state index in [-0.39, 0.29) is 0 Å². The first-order chi connectivity index (χ1) is 7.68. The second-order valence-corrected chi connectivity index (χ2v) is 3.93. The maximum Gasteiger partial charge on any atom is 0.133 e. The van der Waals surface area contributed by atoms with E-state index in [0.29, 0.717) is 11.7 Å². The van der Waals surface area contributed by atoms with Gasteiger partial charge < -0.3 is 5.32 Å². The van der Waals surface area contributed by atoms with Crippen molar-refractivity contribution < 1.29 is 0 Å². The zero-order valence-corrected chi connectivity index (χ0v) is 9.99. The summed E-state index contributed by atoms with van der Waals surface area (Å²) in [7, 11) is 1.91. The quantitative estimate of drug-likeness (QED) is 0.833. The largest absolute Gasteiger partial charge is 0.378 e. The van der Waals surface area contributed by atoms with Crippen molar-refractivity contribution in [3.63, 3.8) is 0 Å². The Morgan fingerprint density at radius 3 is 2.94 bits per heavy atom. The van der Waals surface area contributed by atoms with Crippen LogP contribution in [0.5, 0.6) is 0 Å². The summed E-state index contributed by atoms with van der Waals surface area (Å²) in [5.74, 6) is 0. The number of pyridine rings is 1. The molecule has 0 aliphatic carbocycles. The van der Waals surface area contributed by atoms with Crippen molar-refractivity contribution >= 4 is 17.3 Å². The van der Waals surface area contributed by atoms with E-state index in [1.807, 2.05) is 30.8 Å². The molecule has 0 unspecified atom stereocenters. The Hall–Kier alpha value is -1.55. The lowest BCUT2D eigenvalue weighted by atomic mass is 10.3. The number of anilines is 1. The highest BCUT2D eigenvalue weighted by molar-refractivity contribution is 6.30. The van der Waals surface area contributed by atoms with Gasteiger partial charge in [0.25, 0.3) is 0 Å². The minimum atomic E-state index is 0.538. The average molecular weight is 237 g/mol. The van der Waals surface area contributed by atoms with E-state index in [2.05, 4.69) is 15.4 Å². The number of hydrogen-bond acceptors (Lipinski definition) is 3. The Bertz CT molecular complexity index is 492. The zero-order valence-electron chi connectivity index (χ0n) is 9.24. The van der Waals surface area contributed by atoms with Crippen molar-refractivity contribution in [3.8, 4) is 0 Å². The first kappa shape index (κ1) is 11.0. The molecule has 84 valence electrons. The Balaban J connectivity index is 2.08. The average Bonchev–Trinajstić information content (AvgIpc) is 2.59. The Kier molecular flexibility index (Phi) is 3.10. The van der Waals surface area contributed by atoms with Crippen LogP contribution in [0.1, 0.15) is 11.3 Å². The molecule has 5 heteroatoms. The first-order valence-electron chi connectivity index (χ1n) is 5.00. The second-order valence-electron chi connectivity index (χ2n) is 3.57. The third kappa shape index (κ3) is 2.17. The SMILES string of the molecule is Cc1c(NCc2cccnc2Cl)cnn1C. The molecule has 0 bridgehead atoms. The van der Waals surface area contributed by atoms with Crippen LogP contribution >= 0.6 is 11.6 Å². The molecule has 0 saturated heterocycles. The summed E-state index contributed by atoms with van der Waals surface area (Å²) in [6.45, 7) is 2.67. The van der Waals surface area contributed by atoms with Gasteiger partial charge in [0.05, 0.1) is 17.6 Å². The van der Waals surface area contributed by atoms with Crippen molar-refractivity contribution in [2.75, 3.05) is 5.32 Å². The lowest BCUT2D eigenvalue weighted by molar-refractivity contribution is 0.740. The van der Waals surface area contributed by atoms with E-state index in [9.17, 15) is 0 Å². The molecule has 0 aliphatic heterocycles. The van der Waals surface area contributed by atoms with Gasteiger partial charge in [-0.05, 0) is 13.0 Å². The molecule has 16 heavy (non-hydrogen) atoms. The molecule has 0 radical (unpaired) electrons. The number of rotatable bonds is 3. The summed E-state index contributed by atoms with van der Waals surface area (Å²) < 4.78 is 1.83. The van der Waals surface area contributed by atoms with Crippen LogP contribution in [0.25, 0.3) is 0 Å². The fraction of sp³-hybridized carbons (Fsp3) is 0.273. The molecule has 2 heterocycles. The molecule has 0 amide bonds. The number of aryl methyl sites for hydroxylation is 1. The third-order valence-corrected chi connectivity index (χ3v) is 2.88. The normalized spacial score (nSPS) is 10.4. The molecule has 2 rings (SSSR count). The van der Waals surface area contributed by atoms with Gasteiger partial charge in [-0.1, -0.05) is 17.7 Å². The topological polar surface area (TPSA) is 42.7 Å². The minimum Gasteiger partial charge on any atom is -0.378 e. The van der Waals surface area contributed by atoms with E-state index < -0.39 is 0 Å². The fourth-order valence-corrected chi connectivity index (χ4v) is 1.60. The zero-order chi connectivity index (χ0) is 11.5. The number of nitrogens with one attached hydrogen (secondary N) is 1. The van der Waals surface area contributed by atoms with E-state index in [1.165, 1.54) is 0 Å². The molecule has 1 N–H and O–H groups in total. The van der Waals surface area contributed by atoms with Gasteiger partial charge in [0.15, 0.2) is 0 Å². The molecule has 0 fully saturated rings. The van der Waals surface area contributed by atoms with Gasteiger partial charge in [-0.3, -0.25) is 4.68 Å². The van der Waals surface area contributed by atoms with Crippen LogP contribution in [-0.4, -0.2) is 14.8 Å². The Morgan fingerprint density at radius 2 is 2.31 bits per heavy atom. The second kappa shape index (κ2) is 4.53. The van der Waals surface area contributed by atoms with Gasteiger partial charge in [-0.15, -0.1) is 0 Å². The number of nitrogens with zero attached hydrogens (tertiary/aromatic N) is 3. The van der Waals surface area contributed by atoms with Gasteiger partial charge in [0.2, 0.25) is 0 Å². The lowest BCUT2D eigenvalue weighted by Gasteiger charge is -2.06. The molecule has 2 aromatic heterocycles. The smallest absolute Gasteiger partial charge is 0.133 e. The maximum atomic E-state index is 5.96. The van der Waals surface area contributed by atoms with E-state index in [4.69, 9.17) is 11.6 Å². The summed E-state index contributed by atoms with van der Waals surface area (Å²) >= 11 is 5.96. The third-order valence-electron chi connectivity index (χ3n) is 2.54. The van der Waals surface area contributed by atoms with Crippen LogP contribution in [-0.2, 0) is 13.6 Å². The van der Waals surface area contributed by atoms with Gasteiger partial charge in [0.1, 0.15) is 5.15 Å². The van der Waals surface area contributed by atoms with Crippen molar-refractivity contribution in [3.05, 3.63) is 40.9 Å². The minimum absolute atomic E-state index is 0.538. The molecule has 2 aromatic rings. The number of halogens is 1. The van der Waals surface area contributed by atoms with Crippen LogP contribution < -0.4 is 5.32 Å². The summed E-state index contributed by atoms with van der Waals surface area (Å²) in [6, 6.07) is 3.83. The van der Waals surface area contributed by atoms with Crippen molar-refractivity contribution in [2.45, 2.75) is 13.5 Å². The standard InChI is InChI=1S/C11H13ClN4/c1-8-10(7-15-16(8)2)14-6-9-4-3-5-13-11(9)12/h3-5,7,14H,6H2,1-2H3. The van der Waals surface area contributed by atoms with Gasteiger partial charge in [-0.2, -0.15) is 5.10 Å². The summed E-state index contributed by atoms with van der Waals surface area (Å²) in [5, 5.41) is 7.98. The maximum absolute atomic E-state index is 5.96. The molecule has 4 nitrogen and oxygen atoms in total. The highest BCUT2D eigenvalue weighted by Crippen LogP contribution is 2.16. The molecule has 0 aromatic carbocycles. The van der Waals surface area contributed by atoms with Crippen LogP contribution in [0.3, 0.4) is 0 Å². The molecule has 0 saturated carbocycles. The van der Waals surface area contributed by atoms with Crippen LogP contribution in [0, 0.1) is 6.92 Å². The molecule has 0 aliphatic rings.